The minimum atomic E-state index is -0.487. The van der Waals surface area contributed by atoms with Gasteiger partial charge in [0.1, 0.15) is 5.69 Å². The van der Waals surface area contributed by atoms with Crippen LogP contribution in [0.25, 0.3) is 0 Å². The summed E-state index contributed by atoms with van der Waals surface area (Å²) in [6, 6.07) is 10.2. The van der Waals surface area contributed by atoms with Crippen LogP contribution in [-0.4, -0.2) is 35.5 Å². The van der Waals surface area contributed by atoms with Crippen molar-refractivity contribution < 1.29 is 4.79 Å². The molecule has 2 aromatic rings. The molecule has 3 rings (SSSR count). The summed E-state index contributed by atoms with van der Waals surface area (Å²) in [5, 5.41) is 2.95. The van der Waals surface area contributed by atoms with Gasteiger partial charge in [-0.3, -0.25) is 4.79 Å². The fraction of sp³-hybridized carbons (Fsp3) is 0.476. The number of rotatable bonds is 4. The second-order valence-corrected chi connectivity index (χ2v) is 8.38. The largest absolute Gasteiger partial charge is 0.371 e. The lowest BCUT2D eigenvalue weighted by Gasteiger charge is -2.20. The molecule has 144 valence electrons. The average Bonchev–Trinajstić information content (AvgIpc) is 3.07. The molecule has 1 aromatic heterocycles. The molecule has 2 heterocycles. The molecule has 1 aromatic carbocycles. The lowest BCUT2D eigenvalue weighted by Crippen LogP contribution is -2.33. The van der Waals surface area contributed by atoms with Crippen LogP contribution in [-0.2, 0) is 5.41 Å². The van der Waals surface area contributed by atoms with Crippen LogP contribution < -0.4 is 15.9 Å². The number of hydrogen-bond acceptors (Lipinski definition) is 4. The minimum Gasteiger partial charge on any atom is -0.371 e. The Morgan fingerprint density at radius 3 is 2.81 bits per heavy atom. The smallest absolute Gasteiger partial charge is 0.345 e. The molecular formula is C21H28N4O2. The number of anilines is 1. The summed E-state index contributed by atoms with van der Waals surface area (Å²) in [6.45, 7) is 10.5. The quantitative estimate of drug-likeness (QED) is 0.870. The monoisotopic (exact) mass is 368 g/mol. The molecule has 1 aliphatic heterocycles. The molecule has 27 heavy (non-hydrogen) atoms. The number of aryl methyl sites for hydroxylation is 1. The zero-order valence-corrected chi connectivity index (χ0v) is 16.5. The van der Waals surface area contributed by atoms with Crippen LogP contribution >= 0.6 is 0 Å². The first-order valence-corrected chi connectivity index (χ1v) is 9.44. The van der Waals surface area contributed by atoms with E-state index in [0.29, 0.717) is 18.2 Å². The molecule has 6 nitrogen and oxygen atoms in total. The maximum Gasteiger partial charge on any atom is 0.345 e. The third-order valence-corrected chi connectivity index (χ3v) is 4.99. The molecule has 6 heteroatoms. The summed E-state index contributed by atoms with van der Waals surface area (Å²) in [7, 11) is 0. The third-order valence-electron chi connectivity index (χ3n) is 4.99. The van der Waals surface area contributed by atoms with Crippen LogP contribution in [0.1, 0.15) is 48.9 Å². The molecule has 0 radical (unpaired) electrons. The highest BCUT2D eigenvalue weighted by molar-refractivity contribution is 5.92. The van der Waals surface area contributed by atoms with E-state index in [1.54, 1.807) is 6.07 Å². The van der Waals surface area contributed by atoms with Gasteiger partial charge in [-0.25, -0.2) is 4.79 Å². The van der Waals surface area contributed by atoms with Gasteiger partial charge in [0.2, 0.25) is 0 Å². The van der Waals surface area contributed by atoms with Gasteiger partial charge in [0.15, 0.2) is 0 Å². The number of carbonyl (C=O) groups excluding carboxylic acids is 1. The Morgan fingerprint density at radius 2 is 2.11 bits per heavy atom. The molecule has 1 amide bonds. The molecule has 0 saturated carbocycles. The Hall–Kier alpha value is -2.63. The third kappa shape index (κ3) is 4.76. The molecule has 1 atom stereocenters. The number of carbonyl (C=O) groups is 1. The fourth-order valence-electron chi connectivity index (χ4n) is 3.36. The molecule has 2 N–H and O–H groups in total. The molecule has 0 bridgehead atoms. The summed E-state index contributed by atoms with van der Waals surface area (Å²) < 4.78 is 0. The minimum absolute atomic E-state index is 0.178. The predicted octanol–water partition coefficient (Wildman–Crippen LogP) is 2.63. The molecule has 1 aliphatic rings. The van der Waals surface area contributed by atoms with Gasteiger partial charge in [0.25, 0.3) is 5.91 Å². The number of hydrogen-bond donors (Lipinski definition) is 2. The first kappa shape index (κ1) is 19.1. The van der Waals surface area contributed by atoms with Crippen LogP contribution in [0.3, 0.4) is 0 Å². The van der Waals surface area contributed by atoms with E-state index in [1.807, 2.05) is 20.8 Å². The van der Waals surface area contributed by atoms with E-state index in [1.165, 1.54) is 11.3 Å². The van der Waals surface area contributed by atoms with Gasteiger partial charge in [-0.1, -0.05) is 32.9 Å². The van der Waals surface area contributed by atoms with E-state index in [4.69, 9.17) is 0 Å². The molecule has 0 spiro atoms. The summed E-state index contributed by atoms with van der Waals surface area (Å²) in [6.07, 6.45) is 1.03. The van der Waals surface area contributed by atoms with Crippen molar-refractivity contribution in [2.45, 2.75) is 39.5 Å². The van der Waals surface area contributed by atoms with Gasteiger partial charge in [-0.2, -0.15) is 4.98 Å². The lowest BCUT2D eigenvalue weighted by atomic mass is 9.91. The van der Waals surface area contributed by atoms with E-state index >= 15 is 0 Å². The normalized spacial score (nSPS) is 17.2. The van der Waals surface area contributed by atoms with E-state index in [2.05, 4.69) is 51.4 Å². The predicted molar refractivity (Wildman–Crippen MR) is 107 cm³/mol. The lowest BCUT2D eigenvalue weighted by molar-refractivity contribution is 0.0942. The Labute approximate surface area is 160 Å². The van der Waals surface area contributed by atoms with Crippen molar-refractivity contribution in [1.82, 2.24) is 15.3 Å². The van der Waals surface area contributed by atoms with Crippen LogP contribution in [0.5, 0.6) is 0 Å². The fourth-order valence-corrected chi connectivity index (χ4v) is 3.36. The number of aromatic nitrogens is 2. The Kier molecular flexibility index (Phi) is 5.35. The van der Waals surface area contributed by atoms with Crippen molar-refractivity contribution in [2.75, 3.05) is 24.5 Å². The van der Waals surface area contributed by atoms with Crippen molar-refractivity contribution in [3.05, 3.63) is 57.8 Å². The van der Waals surface area contributed by atoms with Crippen molar-refractivity contribution in [1.29, 1.82) is 0 Å². The van der Waals surface area contributed by atoms with Crippen molar-refractivity contribution in [3.8, 4) is 0 Å². The van der Waals surface area contributed by atoms with Crippen molar-refractivity contribution in [2.24, 2.45) is 5.92 Å². The SMILES string of the molecule is Cc1cccc(N2CC[C@@H](CNC(=O)c3cc(C(C)(C)C)[nH]c(=O)n3)C2)c1. The van der Waals surface area contributed by atoms with E-state index in [-0.39, 0.29) is 17.0 Å². The van der Waals surface area contributed by atoms with Crippen LogP contribution in [0.4, 0.5) is 5.69 Å². The standard InChI is InChI=1S/C21H28N4O2/c1-14-6-5-7-16(10-14)25-9-8-15(13-25)12-22-19(26)17-11-18(21(2,3)4)24-20(27)23-17/h5-7,10-11,15H,8-9,12-13H2,1-4H3,(H,22,26)(H,23,24,27)/t15-/m0/s1. The van der Waals surface area contributed by atoms with Gasteiger partial charge < -0.3 is 15.2 Å². The summed E-state index contributed by atoms with van der Waals surface area (Å²) >= 11 is 0. The van der Waals surface area contributed by atoms with E-state index < -0.39 is 5.69 Å². The zero-order chi connectivity index (χ0) is 19.6. The van der Waals surface area contributed by atoms with Crippen LogP contribution in [0.2, 0.25) is 0 Å². The summed E-state index contributed by atoms with van der Waals surface area (Å²) in [4.78, 5) is 33.2. The topological polar surface area (TPSA) is 78.1 Å². The van der Waals surface area contributed by atoms with Gasteiger partial charge in [-0.05, 0) is 43.0 Å². The van der Waals surface area contributed by atoms with Gasteiger partial charge in [0.05, 0.1) is 0 Å². The highest BCUT2D eigenvalue weighted by atomic mass is 16.2. The first-order valence-electron chi connectivity index (χ1n) is 9.44. The number of nitrogens with zero attached hydrogens (tertiary/aromatic N) is 2. The highest BCUT2D eigenvalue weighted by Crippen LogP contribution is 2.24. The Bertz CT molecular complexity index is 882. The number of amides is 1. The van der Waals surface area contributed by atoms with E-state index in [9.17, 15) is 9.59 Å². The molecule has 0 aliphatic carbocycles. The first-order chi connectivity index (χ1) is 12.7. The average molecular weight is 368 g/mol. The molecule has 1 fully saturated rings. The van der Waals surface area contributed by atoms with E-state index in [0.717, 1.165) is 19.5 Å². The van der Waals surface area contributed by atoms with Crippen LogP contribution in [0, 0.1) is 12.8 Å². The Morgan fingerprint density at radius 1 is 1.33 bits per heavy atom. The van der Waals surface area contributed by atoms with Gasteiger partial charge >= 0.3 is 5.69 Å². The number of benzene rings is 1. The highest BCUT2D eigenvalue weighted by Gasteiger charge is 2.24. The number of aromatic amines is 1. The summed E-state index contributed by atoms with van der Waals surface area (Å²) in [5.74, 6) is 0.0964. The van der Waals surface area contributed by atoms with Gasteiger partial charge in [0, 0.05) is 36.4 Å². The Balaban J connectivity index is 1.60. The second kappa shape index (κ2) is 7.55. The number of H-pyrrole nitrogens is 1. The molecular weight excluding hydrogens is 340 g/mol. The molecule has 0 unspecified atom stereocenters. The maximum absolute atomic E-state index is 12.5. The molecule has 1 saturated heterocycles. The number of nitrogens with one attached hydrogen (secondary N) is 2. The summed E-state index contributed by atoms with van der Waals surface area (Å²) in [5.41, 5.74) is 2.63. The van der Waals surface area contributed by atoms with Crippen molar-refractivity contribution in [3.63, 3.8) is 0 Å². The van der Waals surface area contributed by atoms with Crippen molar-refractivity contribution >= 4 is 11.6 Å². The van der Waals surface area contributed by atoms with Crippen LogP contribution in [0.15, 0.2) is 35.1 Å². The maximum atomic E-state index is 12.5. The zero-order valence-electron chi connectivity index (χ0n) is 16.5. The van der Waals surface area contributed by atoms with Gasteiger partial charge in [-0.15, -0.1) is 0 Å². The second-order valence-electron chi connectivity index (χ2n) is 8.38.